The van der Waals surface area contributed by atoms with Crippen LogP contribution in [0.5, 0.6) is 0 Å². The van der Waals surface area contributed by atoms with Crippen molar-refractivity contribution in [3.05, 3.63) is 67.7 Å². The smallest absolute Gasteiger partial charge is 0.0461 e. The first kappa shape index (κ1) is 13.8. The Balaban J connectivity index is 0.00000133. The molecule has 99 valence electrons. The van der Waals surface area contributed by atoms with E-state index in [4.69, 9.17) is 0 Å². The Morgan fingerprint density at radius 1 is 1.21 bits per heavy atom. The molecule has 0 saturated carbocycles. The SMILES string of the molecule is CN1C=CN(c2[c-]ccc(-c3ccccn3)c2)[CH-]1.[Ir]. The molecule has 3 nitrogen and oxygen atoms in total. The maximum absolute atomic E-state index is 4.36. The molecule has 1 aliphatic heterocycles. The monoisotopic (exact) mass is 428 g/mol. The van der Waals surface area contributed by atoms with Crippen molar-refractivity contribution in [2.24, 2.45) is 0 Å². The van der Waals surface area contributed by atoms with E-state index in [0.717, 1.165) is 16.9 Å². The van der Waals surface area contributed by atoms with Crippen molar-refractivity contribution in [2.75, 3.05) is 11.9 Å². The molecule has 1 aromatic carbocycles. The molecule has 1 aliphatic rings. The summed E-state index contributed by atoms with van der Waals surface area (Å²) in [5, 5.41) is 0. The molecule has 0 fully saturated rings. The van der Waals surface area contributed by atoms with Crippen LogP contribution in [0.3, 0.4) is 0 Å². The maximum Gasteiger partial charge on any atom is 0.0461 e. The molecular weight excluding hydrogens is 414 g/mol. The Labute approximate surface area is 126 Å². The molecule has 0 N–H and O–H groups in total. The molecule has 19 heavy (non-hydrogen) atoms. The van der Waals surface area contributed by atoms with Crippen LogP contribution in [-0.2, 0) is 20.1 Å². The van der Waals surface area contributed by atoms with Gasteiger partial charge in [-0.2, -0.15) is 24.9 Å². The zero-order chi connectivity index (χ0) is 12.4. The maximum atomic E-state index is 4.36. The molecular formula is C15H13IrN3-2. The normalized spacial score (nSPS) is 13.5. The second-order valence-electron chi connectivity index (χ2n) is 4.16. The molecule has 2 heterocycles. The average Bonchev–Trinajstić information content (AvgIpc) is 2.87. The molecule has 3 rings (SSSR count). The third-order valence-corrected chi connectivity index (χ3v) is 2.79. The number of aromatic nitrogens is 1. The summed E-state index contributed by atoms with van der Waals surface area (Å²) in [4.78, 5) is 8.40. The largest absolute Gasteiger partial charge is 0.510 e. The zero-order valence-electron chi connectivity index (χ0n) is 10.4. The fourth-order valence-corrected chi connectivity index (χ4v) is 1.89. The van der Waals surface area contributed by atoms with E-state index in [1.807, 2.05) is 66.2 Å². The summed E-state index contributed by atoms with van der Waals surface area (Å²) < 4.78 is 0. The summed E-state index contributed by atoms with van der Waals surface area (Å²) in [5.74, 6) is 0. The van der Waals surface area contributed by atoms with Gasteiger partial charge in [-0.25, -0.2) is 0 Å². The Hall–Kier alpha value is -1.64. The van der Waals surface area contributed by atoms with Crippen molar-refractivity contribution >= 4 is 5.69 Å². The fourth-order valence-electron chi connectivity index (χ4n) is 1.89. The van der Waals surface area contributed by atoms with Crippen molar-refractivity contribution in [1.82, 2.24) is 9.88 Å². The Morgan fingerprint density at radius 2 is 2.11 bits per heavy atom. The molecule has 0 spiro atoms. The summed E-state index contributed by atoms with van der Waals surface area (Å²) in [6, 6.07) is 15.2. The van der Waals surface area contributed by atoms with E-state index < -0.39 is 0 Å². The van der Waals surface area contributed by atoms with E-state index in [-0.39, 0.29) is 20.1 Å². The van der Waals surface area contributed by atoms with Gasteiger partial charge in [0, 0.05) is 32.0 Å². The van der Waals surface area contributed by atoms with Crippen molar-refractivity contribution in [1.29, 1.82) is 0 Å². The Kier molecular flexibility index (Phi) is 4.35. The van der Waals surface area contributed by atoms with E-state index in [9.17, 15) is 0 Å². The summed E-state index contributed by atoms with van der Waals surface area (Å²) in [6.45, 7) is 2.01. The van der Waals surface area contributed by atoms with Crippen LogP contribution in [0.4, 0.5) is 5.69 Å². The molecule has 2 aromatic rings. The van der Waals surface area contributed by atoms with Crippen molar-refractivity contribution in [2.45, 2.75) is 0 Å². The average molecular weight is 428 g/mol. The molecule has 0 amide bonds. The molecule has 0 atom stereocenters. The zero-order valence-corrected chi connectivity index (χ0v) is 12.8. The number of benzene rings is 1. The third-order valence-electron chi connectivity index (χ3n) is 2.79. The van der Waals surface area contributed by atoms with Gasteiger partial charge in [0.25, 0.3) is 0 Å². The van der Waals surface area contributed by atoms with E-state index in [1.54, 1.807) is 6.20 Å². The van der Waals surface area contributed by atoms with Crippen LogP contribution in [0.15, 0.2) is 55.0 Å². The van der Waals surface area contributed by atoms with Gasteiger partial charge in [0.05, 0.1) is 0 Å². The second kappa shape index (κ2) is 6.00. The summed E-state index contributed by atoms with van der Waals surface area (Å²) in [6.07, 6.45) is 5.82. The number of rotatable bonds is 2. The first-order valence-corrected chi connectivity index (χ1v) is 5.80. The quantitative estimate of drug-likeness (QED) is 0.688. The summed E-state index contributed by atoms with van der Waals surface area (Å²) in [7, 11) is 2.00. The van der Waals surface area contributed by atoms with Gasteiger partial charge in [0.2, 0.25) is 0 Å². The van der Waals surface area contributed by atoms with E-state index in [0.29, 0.717) is 0 Å². The molecule has 0 aliphatic carbocycles. The van der Waals surface area contributed by atoms with E-state index >= 15 is 0 Å². The van der Waals surface area contributed by atoms with Crippen LogP contribution in [0, 0.1) is 12.7 Å². The van der Waals surface area contributed by atoms with Gasteiger partial charge in [0.1, 0.15) is 0 Å². The van der Waals surface area contributed by atoms with Crippen LogP contribution < -0.4 is 4.90 Å². The van der Waals surface area contributed by atoms with Crippen LogP contribution in [-0.4, -0.2) is 16.9 Å². The number of hydrogen-bond acceptors (Lipinski definition) is 3. The van der Waals surface area contributed by atoms with Crippen molar-refractivity contribution in [3.63, 3.8) is 0 Å². The topological polar surface area (TPSA) is 19.4 Å². The predicted molar refractivity (Wildman–Crippen MR) is 72.2 cm³/mol. The second-order valence-corrected chi connectivity index (χ2v) is 4.16. The summed E-state index contributed by atoms with van der Waals surface area (Å²) in [5.41, 5.74) is 3.09. The Morgan fingerprint density at radius 3 is 2.79 bits per heavy atom. The molecule has 4 heteroatoms. The fraction of sp³-hybridized carbons (Fsp3) is 0.0667. The number of hydrogen-bond donors (Lipinski definition) is 0. The van der Waals surface area contributed by atoms with Gasteiger partial charge < -0.3 is 9.80 Å². The molecule has 0 unspecified atom stereocenters. The third kappa shape index (κ3) is 3.03. The first-order valence-electron chi connectivity index (χ1n) is 5.80. The van der Waals surface area contributed by atoms with Crippen LogP contribution in [0.2, 0.25) is 0 Å². The van der Waals surface area contributed by atoms with Gasteiger partial charge in [-0.05, 0) is 31.6 Å². The van der Waals surface area contributed by atoms with Gasteiger partial charge in [-0.1, -0.05) is 6.07 Å². The first-order chi connectivity index (χ1) is 8.83. The minimum atomic E-state index is 0. The van der Waals surface area contributed by atoms with Crippen molar-refractivity contribution in [3.8, 4) is 11.3 Å². The number of anilines is 1. The van der Waals surface area contributed by atoms with Gasteiger partial charge in [0.15, 0.2) is 0 Å². The van der Waals surface area contributed by atoms with Gasteiger partial charge in [-0.3, -0.25) is 4.98 Å². The molecule has 0 bridgehead atoms. The molecule has 1 aromatic heterocycles. The minimum Gasteiger partial charge on any atom is -0.510 e. The van der Waals surface area contributed by atoms with E-state index in [2.05, 4.69) is 17.1 Å². The van der Waals surface area contributed by atoms with Crippen LogP contribution in [0.1, 0.15) is 0 Å². The van der Waals surface area contributed by atoms with E-state index in [1.165, 1.54) is 0 Å². The standard InChI is InChI=1S/C15H13N3.Ir/c1-17-9-10-18(12-17)14-6-4-5-13(11-14)15-7-2-3-8-16-15;/h2-5,7-12H,1H3;/q-2;. The Bertz CT molecular complexity index is 569. The number of pyridine rings is 1. The van der Waals surface area contributed by atoms with Crippen LogP contribution in [0.25, 0.3) is 11.3 Å². The molecule has 1 radical (unpaired) electrons. The summed E-state index contributed by atoms with van der Waals surface area (Å²) >= 11 is 0. The molecule has 0 saturated heterocycles. The van der Waals surface area contributed by atoms with Crippen molar-refractivity contribution < 1.29 is 20.1 Å². The van der Waals surface area contributed by atoms with Gasteiger partial charge in [-0.15, -0.1) is 17.3 Å². The predicted octanol–water partition coefficient (Wildman–Crippen LogP) is 2.89. The number of nitrogens with zero attached hydrogens (tertiary/aromatic N) is 3. The minimum absolute atomic E-state index is 0. The van der Waals surface area contributed by atoms with Gasteiger partial charge >= 0.3 is 0 Å². The van der Waals surface area contributed by atoms with Crippen LogP contribution >= 0.6 is 0 Å².